The molecule has 0 amide bonds. The molecule has 0 bridgehead atoms. The molecule has 122 valence electrons. The van der Waals surface area contributed by atoms with E-state index in [0.717, 1.165) is 5.56 Å². The Morgan fingerprint density at radius 2 is 1.91 bits per heavy atom. The van der Waals surface area contributed by atoms with E-state index in [1.54, 1.807) is 26.8 Å². The summed E-state index contributed by atoms with van der Waals surface area (Å²) in [5.41, 5.74) is 3.09. The Hall–Kier alpha value is -2.56. The number of ether oxygens (including phenoxy) is 2. The van der Waals surface area contributed by atoms with E-state index >= 15 is 0 Å². The summed E-state index contributed by atoms with van der Waals surface area (Å²) in [7, 11) is 0. The van der Waals surface area contributed by atoms with Crippen LogP contribution in [-0.2, 0) is 4.74 Å². The molecule has 5 heteroatoms. The van der Waals surface area contributed by atoms with Crippen molar-refractivity contribution in [3.63, 3.8) is 0 Å². The van der Waals surface area contributed by atoms with Gasteiger partial charge < -0.3 is 14.5 Å². The molecule has 23 heavy (non-hydrogen) atoms. The Kier molecular flexibility index (Phi) is 5.21. The molecular formula is C18H21NO4. The number of carbonyl (C=O) groups is 2. The average Bonchev–Trinajstić information content (AvgIpc) is 2.80. The molecule has 0 saturated heterocycles. The first-order valence-electron chi connectivity index (χ1n) is 7.53. The van der Waals surface area contributed by atoms with Crippen LogP contribution in [0.5, 0.6) is 5.75 Å². The first-order chi connectivity index (χ1) is 10.9. The normalized spacial score (nSPS) is 10.4. The Labute approximate surface area is 135 Å². The Morgan fingerprint density at radius 3 is 2.57 bits per heavy atom. The highest BCUT2D eigenvalue weighted by Gasteiger charge is 2.22. The highest BCUT2D eigenvalue weighted by Crippen LogP contribution is 2.20. The maximum absolute atomic E-state index is 12.4. The molecule has 1 aromatic carbocycles. The van der Waals surface area contributed by atoms with Gasteiger partial charge in [0.15, 0.2) is 6.61 Å². The van der Waals surface area contributed by atoms with Gasteiger partial charge in [-0.1, -0.05) is 12.1 Å². The summed E-state index contributed by atoms with van der Waals surface area (Å²) in [5, 5.41) is 0. The zero-order valence-corrected chi connectivity index (χ0v) is 13.9. The molecule has 0 radical (unpaired) electrons. The van der Waals surface area contributed by atoms with Crippen molar-refractivity contribution in [1.29, 1.82) is 0 Å². The van der Waals surface area contributed by atoms with E-state index in [1.165, 1.54) is 0 Å². The van der Waals surface area contributed by atoms with Crippen LogP contribution in [0.15, 0.2) is 24.3 Å². The van der Waals surface area contributed by atoms with Crippen LogP contribution in [0, 0.1) is 20.8 Å². The van der Waals surface area contributed by atoms with Crippen LogP contribution in [0.1, 0.15) is 44.6 Å². The number of rotatable bonds is 6. The highest BCUT2D eigenvalue weighted by atomic mass is 16.5. The first-order valence-corrected chi connectivity index (χ1v) is 7.53. The number of aryl methyl sites for hydroxylation is 2. The fourth-order valence-corrected chi connectivity index (χ4v) is 2.46. The van der Waals surface area contributed by atoms with Crippen molar-refractivity contribution in [2.45, 2.75) is 27.7 Å². The Bertz CT molecular complexity index is 731. The fraction of sp³-hybridized carbons (Fsp3) is 0.333. The Morgan fingerprint density at radius 1 is 1.17 bits per heavy atom. The molecule has 1 aromatic heterocycles. The van der Waals surface area contributed by atoms with Gasteiger partial charge in [0.05, 0.1) is 17.9 Å². The van der Waals surface area contributed by atoms with Crippen molar-refractivity contribution in [3.8, 4) is 5.75 Å². The summed E-state index contributed by atoms with van der Waals surface area (Å²) in [4.78, 5) is 27.3. The number of esters is 1. The average molecular weight is 315 g/mol. The van der Waals surface area contributed by atoms with Crippen LogP contribution in [0.3, 0.4) is 0 Å². The van der Waals surface area contributed by atoms with Gasteiger partial charge in [-0.05, 0) is 51.0 Å². The van der Waals surface area contributed by atoms with Crippen molar-refractivity contribution in [2.75, 3.05) is 13.2 Å². The van der Waals surface area contributed by atoms with Gasteiger partial charge in [-0.2, -0.15) is 0 Å². The summed E-state index contributed by atoms with van der Waals surface area (Å²) in [6, 6.07) is 7.50. The van der Waals surface area contributed by atoms with E-state index in [1.807, 2.05) is 25.1 Å². The molecule has 2 aromatic rings. The summed E-state index contributed by atoms with van der Waals surface area (Å²) in [6.45, 7) is 7.39. The summed E-state index contributed by atoms with van der Waals surface area (Å²) in [6.07, 6.45) is 0. The third kappa shape index (κ3) is 3.80. The first kappa shape index (κ1) is 16.8. The van der Waals surface area contributed by atoms with Crippen molar-refractivity contribution in [2.24, 2.45) is 0 Å². The van der Waals surface area contributed by atoms with E-state index in [0.29, 0.717) is 34.9 Å². The second-order valence-corrected chi connectivity index (χ2v) is 5.37. The van der Waals surface area contributed by atoms with Gasteiger partial charge in [0.25, 0.3) is 0 Å². The molecule has 5 nitrogen and oxygen atoms in total. The van der Waals surface area contributed by atoms with Gasteiger partial charge >= 0.3 is 5.97 Å². The molecule has 0 fully saturated rings. The molecule has 1 N–H and O–H groups in total. The lowest BCUT2D eigenvalue weighted by atomic mass is 10.1. The molecule has 0 unspecified atom stereocenters. The number of H-pyrrole nitrogens is 1. The van der Waals surface area contributed by atoms with Crippen molar-refractivity contribution >= 4 is 11.8 Å². The smallest absolute Gasteiger partial charge is 0.340 e. The molecule has 0 aliphatic rings. The van der Waals surface area contributed by atoms with Crippen LogP contribution in [-0.4, -0.2) is 30.0 Å². The maximum Gasteiger partial charge on any atom is 0.340 e. The fourth-order valence-electron chi connectivity index (χ4n) is 2.46. The number of carbonyl (C=O) groups excluding carboxylic acids is 2. The van der Waals surface area contributed by atoms with Crippen LogP contribution in [0.2, 0.25) is 0 Å². The largest absolute Gasteiger partial charge is 0.485 e. The monoisotopic (exact) mass is 315 g/mol. The zero-order chi connectivity index (χ0) is 17.0. The van der Waals surface area contributed by atoms with E-state index in [2.05, 4.69) is 4.98 Å². The number of ketones is 1. The lowest BCUT2D eigenvalue weighted by Crippen LogP contribution is -2.13. The predicted octanol–water partition coefficient (Wildman–Crippen LogP) is 3.38. The van der Waals surface area contributed by atoms with Crippen LogP contribution in [0.25, 0.3) is 0 Å². The third-order valence-corrected chi connectivity index (χ3v) is 3.56. The van der Waals surface area contributed by atoms with E-state index in [4.69, 9.17) is 9.47 Å². The zero-order valence-electron chi connectivity index (χ0n) is 13.9. The molecule has 0 spiro atoms. The molecule has 0 aliphatic carbocycles. The summed E-state index contributed by atoms with van der Waals surface area (Å²) in [5.74, 6) is 0.0185. The van der Waals surface area contributed by atoms with Gasteiger partial charge in [-0.3, -0.25) is 4.79 Å². The minimum absolute atomic E-state index is 0.0908. The summed E-state index contributed by atoms with van der Waals surface area (Å²) >= 11 is 0. The molecule has 0 saturated carbocycles. The van der Waals surface area contributed by atoms with Crippen molar-refractivity contribution in [3.05, 3.63) is 52.3 Å². The van der Waals surface area contributed by atoms with Gasteiger partial charge in [0.1, 0.15) is 5.75 Å². The van der Waals surface area contributed by atoms with Gasteiger partial charge in [0.2, 0.25) is 5.78 Å². The second kappa shape index (κ2) is 7.13. The third-order valence-electron chi connectivity index (χ3n) is 3.56. The number of hydrogen-bond donors (Lipinski definition) is 1. The van der Waals surface area contributed by atoms with Crippen molar-refractivity contribution in [1.82, 2.24) is 4.98 Å². The molecule has 1 heterocycles. The van der Waals surface area contributed by atoms with Crippen LogP contribution in [0.4, 0.5) is 0 Å². The summed E-state index contributed by atoms with van der Waals surface area (Å²) < 4.78 is 10.6. The van der Waals surface area contributed by atoms with E-state index in [-0.39, 0.29) is 12.4 Å². The predicted molar refractivity (Wildman–Crippen MR) is 87.2 cm³/mol. The number of hydrogen-bond acceptors (Lipinski definition) is 4. The molecule has 2 rings (SSSR count). The van der Waals surface area contributed by atoms with Gasteiger partial charge in [-0.25, -0.2) is 4.79 Å². The van der Waals surface area contributed by atoms with Gasteiger partial charge in [0, 0.05) is 5.69 Å². The number of benzene rings is 1. The quantitative estimate of drug-likeness (QED) is 0.655. The number of nitrogens with one attached hydrogen (secondary N) is 1. The maximum atomic E-state index is 12.4. The standard InChI is InChI=1S/C18H21NO4/c1-5-22-18(21)16-12(3)17(19-13(16)4)15(20)10-23-14-8-6-7-11(2)9-14/h6-9,19H,5,10H2,1-4H3. The molecular weight excluding hydrogens is 294 g/mol. The lowest BCUT2D eigenvalue weighted by Gasteiger charge is -2.06. The highest BCUT2D eigenvalue weighted by molar-refractivity contribution is 6.02. The molecule has 0 atom stereocenters. The van der Waals surface area contributed by atoms with E-state index in [9.17, 15) is 9.59 Å². The minimum Gasteiger partial charge on any atom is -0.485 e. The minimum atomic E-state index is -0.419. The van der Waals surface area contributed by atoms with Crippen LogP contribution >= 0.6 is 0 Å². The number of aromatic nitrogens is 1. The van der Waals surface area contributed by atoms with Crippen molar-refractivity contribution < 1.29 is 19.1 Å². The van der Waals surface area contributed by atoms with E-state index < -0.39 is 5.97 Å². The lowest BCUT2D eigenvalue weighted by molar-refractivity contribution is 0.0525. The number of Topliss-reactive ketones (excluding diaryl/α,β-unsaturated/α-hetero) is 1. The number of aromatic amines is 1. The topological polar surface area (TPSA) is 68.4 Å². The Balaban J connectivity index is 2.14. The SMILES string of the molecule is CCOC(=O)c1c(C)[nH]c(C(=O)COc2cccc(C)c2)c1C. The second-order valence-electron chi connectivity index (χ2n) is 5.37. The van der Waals surface area contributed by atoms with Crippen LogP contribution < -0.4 is 4.74 Å². The van der Waals surface area contributed by atoms with Gasteiger partial charge in [-0.15, -0.1) is 0 Å². The molecule has 0 aliphatic heterocycles.